The van der Waals surface area contributed by atoms with Crippen LogP contribution in [-0.2, 0) is 6.42 Å². The van der Waals surface area contributed by atoms with Crippen LogP contribution in [0.4, 0.5) is 9.18 Å². The van der Waals surface area contributed by atoms with Crippen molar-refractivity contribution < 1.29 is 9.18 Å². The summed E-state index contributed by atoms with van der Waals surface area (Å²) in [7, 11) is 0. The Balaban J connectivity index is 2.13. The summed E-state index contributed by atoms with van der Waals surface area (Å²) in [6.45, 7) is -0.581. The molecule has 0 spiro atoms. The molecule has 2 aromatic rings. The number of benzene rings is 2. The second-order valence-corrected chi connectivity index (χ2v) is 5.32. The molecule has 0 aliphatic rings. The summed E-state index contributed by atoms with van der Waals surface area (Å²) in [5.74, 6) is 0. The Morgan fingerprint density at radius 2 is 1.77 bits per heavy atom. The molecule has 0 fully saturated rings. The Hall–Kier alpha value is -2.07. The van der Waals surface area contributed by atoms with Gasteiger partial charge >= 0.3 is 6.03 Å². The van der Waals surface area contributed by atoms with Gasteiger partial charge in [-0.05, 0) is 29.7 Å². The maximum Gasteiger partial charge on any atom is 0.315 e. The van der Waals surface area contributed by atoms with Crippen LogP contribution in [0.1, 0.15) is 17.2 Å². The molecule has 0 radical (unpaired) electrons. The predicted molar refractivity (Wildman–Crippen MR) is 86.8 cm³/mol. The van der Waals surface area contributed by atoms with Crippen LogP contribution in [0.3, 0.4) is 0 Å². The minimum absolute atomic E-state index is 0.00447. The van der Waals surface area contributed by atoms with E-state index in [0.717, 1.165) is 11.1 Å². The number of hydrogen-bond donors (Lipinski definition) is 2. The Morgan fingerprint density at radius 1 is 1.09 bits per heavy atom. The summed E-state index contributed by atoms with van der Waals surface area (Å²) in [4.78, 5) is 11.8. The molecule has 0 saturated carbocycles. The van der Waals surface area contributed by atoms with Crippen molar-refractivity contribution in [3.8, 4) is 0 Å². The van der Waals surface area contributed by atoms with Gasteiger partial charge in [0, 0.05) is 11.6 Å². The lowest BCUT2D eigenvalue weighted by molar-refractivity contribution is 0.236. The number of carbonyl (C=O) groups excluding carboxylic acids is 1. The Morgan fingerprint density at radius 3 is 2.41 bits per heavy atom. The summed E-state index contributed by atoms with van der Waals surface area (Å²) >= 11 is 5.91. The minimum atomic E-state index is -0.586. The Bertz CT molecular complexity index is 589. The van der Waals surface area contributed by atoms with Gasteiger partial charge < -0.3 is 10.6 Å². The lowest BCUT2D eigenvalue weighted by Gasteiger charge is -2.20. The third-order valence-electron chi connectivity index (χ3n) is 3.24. The molecule has 5 heteroatoms. The molecule has 2 aromatic carbocycles. The van der Waals surface area contributed by atoms with Gasteiger partial charge in [0.05, 0.1) is 6.04 Å². The van der Waals surface area contributed by atoms with Crippen LogP contribution in [0, 0.1) is 0 Å². The predicted octanol–water partition coefficient (Wildman–Crippen LogP) is 3.89. The summed E-state index contributed by atoms with van der Waals surface area (Å²) in [5.41, 5.74) is 2.05. The highest BCUT2D eigenvalue weighted by Crippen LogP contribution is 2.20. The molecule has 1 atom stereocenters. The van der Waals surface area contributed by atoms with Crippen molar-refractivity contribution in [2.45, 2.75) is 12.5 Å². The highest BCUT2D eigenvalue weighted by atomic mass is 35.5. The molecule has 2 N–H and O–H groups in total. The quantitative estimate of drug-likeness (QED) is 0.833. The molecule has 0 aliphatic carbocycles. The highest BCUT2D eigenvalue weighted by molar-refractivity contribution is 6.30. The molecule has 0 aromatic heterocycles. The van der Waals surface area contributed by atoms with Crippen molar-refractivity contribution in [1.29, 1.82) is 0 Å². The van der Waals surface area contributed by atoms with Crippen LogP contribution in [0.5, 0.6) is 0 Å². The van der Waals surface area contributed by atoms with E-state index < -0.39 is 6.67 Å². The monoisotopic (exact) mass is 320 g/mol. The van der Waals surface area contributed by atoms with Crippen LogP contribution in [-0.4, -0.2) is 19.3 Å². The van der Waals surface area contributed by atoms with E-state index in [1.54, 1.807) is 12.1 Å². The topological polar surface area (TPSA) is 41.1 Å². The van der Waals surface area contributed by atoms with Gasteiger partial charge in [-0.25, -0.2) is 9.18 Å². The number of hydrogen-bond acceptors (Lipinski definition) is 1. The fourth-order valence-electron chi connectivity index (χ4n) is 2.17. The van der Waals surface area contributed by atoms with Crippen molar-refractivity contribution in [1.82, 2.24) is 10.6 Å². The van der Waals surface area contributed by atoms with E-state index in [-0.39, 0.29) is 18.6 Å². The standard InChI is InChI=1S/C17H18ClFN2O/c18-15-8-6-14(7-9-15)16(21-17(22)20-11-10-19)12-13-4-2-1-3-5-13/h1-9,16H,10-12H2,(H2,20,21,22). The SMILES string of the molecule is O=C(NCCF)NC(Cc1ccccc1)c1ccc(Cl)cc1. The third-order valence-corrected chi connectivity index (χ3v) is 3.49. The second kappa shape index (κ2) is 8.39. The number of alkyl halides is 1. The van der Waals surface area contributed by atoms with Gasteiger partial charge in [0.15, 0.2) is 0 Å². The zero-order valence-electron chi connectivity index (χ0n) is 12.1. The van der Waals surface area contributed by atoms with Gasteiger partial charge in [0.25, 0.3) is 0 Å². The number of nitrogens with one attached hydrogen (secondary N) is 2. The molecule has 0 saturated heterocycles. The first-order valence-corrected chi connectivity index (χ1v) is 7.46. The molecule has 116 valence electrons. The van der Waals surface area contributed by atoms with E-state index >= 15 is 0 Å². The average Bonchev–Trinajstić information content (AvgIpc) is 2.54. The van der Waals surface area contributed by atoms with Crippen molar-refractivity contribution in [3.05, 3.63) is 70.7 Å². The fraction of sp³-hybridized carbons (Fsp3) is 0.235. The van der Waals surface area contributed by atoms with Crippen LogP contribution >= 0.6 is 11.6 Å². The Labute approximate surface area is 134 Å². The lowest BCUT2D eigenvalue weighted by Crippen LogP contribution is -2.39. The van der Waals surface area contributed by atoms with Crippen LogP contribution in [0.2, 0.25) is 5.02 Å². The maximum absolute atomic E-state index is 12.1. The van der Waals surface area contributed by atoms with E-state index in [1.165, 1.54) is 0 Å². The van der Waals surface area contributed by atoms with Crippen molar-refractivity contribution in [3.63, 3.8) is 0 Å². The summed E-state index contributed by atoms with van der Waals surface area (Å²) in [6.07, 6.45) is 0.644. The zero-order valence-corrected chi connectivity index (χ0v) is 12.8. The molecule has 0 bridgehead atoms. The first kappa shape index (κ1) is 16.3. The summed E-state index contributed by atoms with van der Waals surface area (Å²) in [6, 6.07) is 16.6. The summed E-state index contributed by atoms with van der Waals surface area (Å²) < 4.78 is 12.1. The first-order valence-electron chi connectivity index (χ1n) is 7.09. The van der Waals surface area contributed by atoms with E-state index in [1.807, 2.05) is 42.5 Å². The molecule has 2 amide bonds. The molecule has 1 unspecified atom stereocenters. The molecular weight excluding hydrogens is 303 g/mol. The minimum Gasteiger partial charge on any atom is -0.336 e. The number of urea groups is 1. The van der Waals surface area contributed by atoms with E-state index in [4.69, 9.17) is 11.6 Å². The highest BCUT2D eigenvalue weighted by Gasteiger charge is 2.15. The van der Waals surface area contributed by atoms with Crippen molar-refractivity contribution >= 4 is 17.6 Å². The van der Waals surface area contributed by atoms with Gasteiger partial charge in [-0.15, -0.1) is 0 Å². The van der Waals surface area contributed by atoms with Gasteiger partial charge in [0.1, 0.15) is 6.67 Å². The fourth-order valence-corrected chi connectivity index (χ4v) is 2.29. The normalized spacial score (nSPS) is 11.7. The van der Waals surface area contributed by atoms with Gasteiger partial charge in [0.2, 0.25) is 0 Å². The van der Waals surface area contributed by atoms with E-state index in [0.29, 0.717) is 11.4 Å². The Kier molecular flexibility index (Phi) is 6.22. The molecule has 22 heavy (non-hydrogen) atoms. The maximum atomic E-state index is 12.1. The van der Waals surface area contributed by atoms with Crippen molar-refractivity contribution in [2.75, 3.05) is 13.2 Å². The number of halogens is 2. The van der Waals surface area contributed by atoms with Gasteiger partial charge in [-0.3, -0.25) is 0 Å². The molecule has 0 aliphatic heterocycles. The number of rotatable bonds is 6. The van der Waals surface area contributed by atoms with Gasteiger partial charge in [-0.2, -0.15) is 0 Å². The van der Waals surface area contributed by atoms with Crippen LogP contribution < -0.4 is 10.6 Å². The largest absolute Gasteiger partial charge is 0.336 e. The first-order chi connectivity index (χ1) is 10.7. The average molecular weight is 321 g/mol. The molecule has 2 rings (SSSR count). The number of amides is 2. The van der Waals surface area contributed by atoms with Crippen LogP contribution in [0.25, 0.3) is 0 Å². The lowest BCUT2D eigenvalue weighted by atomic mass is 9.99. The molecular formula is C17H18ClFN2O. The zero-order chi connectivity index (χ0) is 15.8. The van der Waals surface area contributed by atoms with E-state index in [2.05, 4.69) is 10.6 Å². The molecule has 0 heterocycles. The summed E-state index contributed by atoms with van der Waals surface area (Å²) in [5, 5.41) is 6.00. The van der Waals surface area contributed by atoms with Crippen molar-refractivity contribution in [2.24, 2.45) is 0 Å². The second-order valence-electron chi connectivity index (χ2n) is 4.88. The van der Waals surface area contributed by atoms with E-state index in [9.17, 15) is 9.18 Å². The smallest absolute Gasteiger partial charge is 0.315 e. The third kappa shape index (κ3) is 5.04. The number of carbonyl (C=O) groups is 1. The molecule has 3 nitrogen and oxygen atoms in total. The van der Waals surface area contributed by atoms with Gasteiger partial charge in [-0.1, -0.05) is 54.1 Å². The van der Waals surface area contributed by atoms with Crippen LogP contribution in [0.15, 0.2) is 54.6 Å².